The molecule has 0 unspecified atom stereocenters. The van der Waals surface area contributed by atoms with E-state index in [1.165, 1.54) is 0 Å². The standard InChI is InChI=1S/C27H32N10O2/c1-19(25-26-20(13-28)14-31-37(26)18-23(32-25)21-15-30-33(3)16-21)5-6-24(29-2)34-9-11-35(12-10-34)27(38)36-8-7-22(17-36)39-4/h5-6,14-16,18,22H,2,7-12,17H2,1,3-4H3/b19-5+,24-6+/t22-/m0/s1. The molecule has 0 aliphatic carbocycles. The van der Waals surface area contributed by atoms with Crippen LogP contribution < -0.4 is 0 Å². The van der Waals surface area contributed by atoms with Crippen LogP contribution in [0, 0.1) is 11.3 Å². The Morgan fingerprint density at radius 3 is 2.54 bits per heavy atom. The van der Waals surface area contributed by atoms with Gasteiger partial charge in [0.2, 0.25) is 0 Å². The van der Waals surface area contributed by atoms with Gasteiger partial charge in [0, 0.05) is 65.2 Å². The van der Waals surface area contributed by atoms with Crippen LogP contribution >= 0.6 is 0 Å². The summed E-state index contributed by atoms with van der Waals surface area (Å²) < 4.78 is 8.80. The Hall–Kier alpha value is -4.50. The fourth-order valence-electron chi connectivity index (χ4n) is 5.02. The van der Waals surface area contributed by atoms with Gasteiger partial charge in [-0.2, -0.15) is 15.5 Å². The molecule has 5 heterocycles. The summed E-state index contributed by atoms with van der Waals surface area (Å²) in [7, 11) is 3.54. The molecule has 2 saturated heterocycles. The van der Waals surface area contributed by atoms with Gasteiger partial charge >= 0.3 is 6.03 Å². The number of hydrogen-bond acceptors (Lipinski definition) is 8. The number of likely N-dealkylation sites (tertiary alicyclic amines) is 1. The summed E-state index contributed by atoms with van der Waals surface area (Å²) in [6, 6.07) is 2.28. The third kappa shape index (κ3) is 5.26. The Labute approximate surface area is 227 Å². The Kier molecular flexibility index (Phi) is 7.42. The molecular weight excluding hydrogens is 496 g/mol. The number of ether oxygens (including phenoxy) is 1. The number of urea groups is 1. The maximum absolute atomic E-state index is 12.9. The molecule has 1 atom stereocenters. The first-order valence-corrected chi connectivity index (χ1v) is 12.9. The fourth-order valence-corrected chi connectivity index (χ4v) is 5.02. The highest BCUT2D eigenvalue weighted by atomic mass is 16.5. The van der Waals surface area contributed by atoms with Crippen molar-refractivity contribution in [2.24, 2.45) is 12.0 Å². The lowest BCUT2D eigenvalue weighted by Gasteiger charge is -2.37. The fraction of sp³-hybridized carbons (Fsp3) is 0.407. The molecule has 0 radical (unpaired) electrons. The Balaban J connectivity index is 1.35. The minimum Gasteiger partial charge on any atom is -0.380 e. The van der Waals surface area contributed by atoms with Gasteiger partial charge in [0.25, 0.3) is 0 Å². The topological polar surface area (TPSA) is 120 Å². The summed E-state index contributed by atoms with van der Waals surface area (Å²) >= 11 is 0. The molecule has 12 nitrogen and oxygen atoms in total. The number of carbonyl (C=O) groups is 1. The number of allylic oxidation sites excluding steroid dienone is 3. The molecular formula is C27H32N10O2. The SMILES string of the molecule is C=N/C(=C\C=C(/C)c1nc(-c2cnn(C)c2)cn2ncc(C#N)c12)N1CCN(C(=O)N2CC[C@H](OC)C2)CC1. The first kappa shape index (κ1) is 26.1. The maximum Gasteiger partial charge on any atom is 0.320 e. The van der Waals surface area contributed by atoms with Gasteiger partial charge < -0.3 is 19.4 Å². The summed E-state index contributed by atoms with van der Waals surface area (Å²) in [6.45, 7) is 9.63. The number of aryl methyl sites for hydroxylation is 1. The molecule has 12 heteroatoms. The first-order valence-electron chi connectivity index (χ1n) is 12.9. The Morgan fingerprint density at radius 1 is 1.13 bits per heavy atom. The number of piperazine rings is 1. The molecule has 5 rings (SSSR count). The second-order valence-corrected chi connectivity index (χ2v) is 9.72. The molecule has 0 bridgehead atoms. The number of aliphatic imine (C=N–C) groups is 1. The minimum absolute atomic E-state index is 0.0692. The minimum atomic E-state index is 0.0692. The van der Waals surface area contributed by atoms with Gasteiger partial charge in [0.15, 0.2) is 0 Å². The van der Waals surface area contributed by atoms with Crippen molar-refractivity contribution in [3.63, 3.8) is 0 Å². The highest BCUT2D eigenvalue weighted by molar-refractivity contribution is 5.81. The second kappa shape index (κ2) is 11.1. The molecule has 0 spiro atoms. The van der Waals surface area contributed by atoms with Crippen LogP contribution in [-0.2, 0) is 11.8 Å². The van der Waals surface area contributed by atoms with Crippen molar-refractivity contribution in [1.29, 1.82) is 5.26 Å². The third-order valence-corrected chi connectivity index (χ3v) is 7.26. The molecule has 3 aromatic rings. The molecule has 2 amide bonds. The number of fused-ring (bicyclic) bond motifs is 1. The number of hydrogen-bond donors (Lipinski definition) is 0. The summed E-state index contributed by atoms with van der Waals surface area (Å²) in [4.78, 5) is 28.0. The number of methoxy groups -OCH3 is 1. The van der Waals surface area contributed by atoms with Crippen LogP contribution in [0.25, 0.3) is 22.3 Å². The van der Waals surface area contributed by atoms with Gasteiger partial charge in [-0.3, -0.25) is 4.68 Å². The lowest BCUT2D eigenvalue weighted by atomic mass is 10.1. The lowest BCUT2D eigenvalue weighted by molar-refractivity contribution is 0.0998. The Morgan fingerprint density at radius 2 is 1.90 bits per heavy atom. The summed E-state index contributed by atoms with van der Waals surface area (Å²) in [5.74, 6) is 0.718. The van der Waals surface area contributed by atoms with E-state index in [4.69, 9.17) is 9.72 Å². The number of nitrogens with zero attached hydrogens (tertiary/aromatic N) is 10. The van der Waals surface area contributed by atoms with Gasteiger partial charge in [0.1, 0.15) is 17.4 Å². The zero-order valence-corrected chi connectivity index (χ0v) is 22.5. The quantitative estimate of drug-likeness (QED) is 0.356. The van der Waals surface area contributed by atoms with Crippen molar-refractivity contribution >= 4 is 23.8 Å². The van der Waals surface area contributed by atoms with E-state index in [-0.39, 0.29) is 12.1 Å². The molecule has 0 saturated carbocycles. The molecule has 39 heavy (non-hydrogen) atoms. The van der Waals surface area contributed by atoms with E-state index in [2.05, 4.69) is 32.9 Å². The highest BCUT2D eigenvalue weighted by Crippen LogP contribution is 2.26. The van der Waals surface area contributed by atoms with E-state index < -0.39 is 0 Å². The predicted molar refractivity (Wildman–Crippen MR) is 147 cm³/mol. The molecule has 0 aromatic carbocycles. The smallest absolute Gasteiger partial charge is 0.320 e. The van der Waals surface area contributed by atoms with Gasteiger partial charge in [-0.25, -0.2) is 19.3 Å². The van der Waals surface area contributed by atoms with Crippen LogP contribution in [0.5, 0.6) is 0 Å². The van der Waals surface area contributed by atoms with Crippen molar-refractivity contribution in [1.82, 2.24) is 39.1 Å². The average Bonchev–Trinajstić information content (AvgIpc) is 3.72. The predicted octanol–water partition coefficient (Wildman–Crippen LogP) is 2.41. The van der Waals surface area contributed by atoms with Gasteiger partial charge in [0.05, 0.1) is 41.6 Å². The maximum atomic E-state index is 12.9. The number of amides is 2. The average molecular weight is 529 g/mol. The lowest BCUT2D eigenvalue weighted by Crippen LogP contribution is -2.52. The number of nitriles is 1. The zero-order valence-electron chi connectivity index (χ0n) is 22.5. The van der Waals surface area contributed by atoms with Crippen molar-refractivity contribution < 1.29 is 9.53 Å². The Bertz CT molecular complexity index is 1490. The third-order valence-electron chi connectivity index (χ3n) is 7.26. The zero-order chi connectivity index (χ0) is 27.5. The van der Waals surface area contributed by atoms with Crippen LogP contribution in [-0.4, -0.2) is 104 Å². The van der Waals surface area contributed by atoms with E-state index in [0.717, 1.165) is 29.9 Å². The van der Waals surface area contributed by atoms with E-state index in [0.29, 0.717) is 55.2 Å². The van der Waals surface area contributed by atoms with Crippen LogP contribution in [0.15, 0.2) is 47.8 Å². The summed E-state index contributed by atoms with van der Waals surface area (Å²) in [5, 5.41) is 18.3. The van der Waals surface area contributed by atoms with E-state index >= 15 is 0 Å². The number of rotatable bonds is 6. The van der Waals surface area contributed by atoms with Crippen molar-refractivity contribution in [3.05, 3.63) is 54.0 Å². The molecule has 2 aliphatic heterocycles. The molecule has 0 N–H and O–H groups in total. The monoisotopic (exact) mass is 528 g/mol. The van der Waals surface area contributed by atoms with Crippen molar-refractivity contribution in [3.8, 4) is 17.3 Å². The van der Waals surface area contributed by atoms with E-state index in [9.17, 15) is 10.1 Å². The molecule has 3 aromatic heterocycles. The van der Waals surface area contributed by atoms with Crippen molar-refractivity contribution in [2.75, 3.05) is 46.4 Å². The van der Waals surface area contributed by atoms with E-state index in [1.807, 2.05) is 42.1 Å². The van der Waals surface area contributed by atoms with Crippen LogP contribution in [0.4, 0.5) is 4.79 Å². The van der Waals surface area contributed by atoms with Gasteiger partial charge in [-0.1, -0.05) is 6.08 Å². The van der Waals surface area contributed by atoms with Crippen LogP contribution in [0.2, 0.25) is 0 Å². The van der Waals surface area contributed by atoms with Gasteiger partial charge in [-0.05, 0) is 31.7 Å². The summed E-state index contributed by atoms with van der Waals surface area (Å²) in [5.41, 5.74) is 4.15. The largest absolute Gasteiger partial charge is 0.380 e. The second-order valence-electron chi connectivity index (χ2n) is 9.72. The molecule has 2 aliphatic rings. The van der Waals surface area contributed by atoms with E-state index in [1.54, 1.807) is 34.9 Å². The number of carbonyl (C=O) groups excluding carboxylic acids is 1. The normalized spacial score (nSPS) is 18.6. The highest BCUT2D eigenvalue weighted by Gasteiger charge is 2.31. The van der Waals surface area contributed by atoms with Gasteiger partial charge in [-0.15, -0.1) is 0 Å². The summed E-state index contributed by atoms with van der Waals surface area (Å²) in [6.07, 6.45) is 11.8. The molecule has 2 fully saturated rings. The van der Waals surface area contributed by atoms with Crippen LogP contribution in [0.1, 0.15) is 24.6 Å². The first-order chi connectivity index (χ1) is 18.9. The number of aromatic nitrogens is 5. The van der Waals surface area contributed by atoms with Crippen LogP contribution in [0.3, 0.4) is 0 Å². The van der Waals surface area contributed by atoms with Crippen molar-refractivity contribution in [2.45, 2.75) is 19.4 Å². The molecule has 202 valence electrons.